The largest absolute Gasteiger partial charge is 0.493 e. The number of methoxy groups -OCH3 is 2. The fraction of sp³-hybridized carbons (Fsp3) is 0.353. The van der Waals surface area contributed by atoms with E-state index in [1.807, 2.05) is 30.3 Å². The van der Waals surface area contributed by atoms with Crippen LogP contribution in [0, 0.1) is 11.8 Å². The van der Waals surface area contributed by atoms with Gasteiger partial charge in [-0.2, -0.15) is 0 Å². The lowest BCUT2D eigenvalue weighted by molar-refractivity contribution is -0.144. The summed E-state index contributed by atoms with van der Waals surface area (Å²) in [6.45, 7) is -6.24. The van der Waals surface area contributed by atoms with E-state index >= 15 is 0 Å². The van der Waals surface area contributed by atoms with Gasteiger partial charge in [0.25, 0.3) is 11.4 Å². The van der Waals surface area contributed by atoms with Gasteiger partial charge in [-0.25, -0.2) is 0 Å². The lowest BCUT2D eigenvalue weighted by atomic mass is 9.82. The molecule has 4 nitrogen and oxygen atoms in total. The minimum atomic E-state index is -3.12. The monoisotopic (exact) mass is 291 g/mol. The lowest BCUT2D eigenvalue weighted by Crippen LogP contribution is -2.53. The highest BCUT2D eigenvalue weighted by molar-refractivity contribution is 6.12. The van der Waals surface area contributed by atoms with Crippen LogP contribution in [0.1, 0.15) is 19.3 Å². The third-order valence-electron chi connectivity index (χ3n) is 3.06. The van der Waals surface area contributed by atoms with E-state index in [1.54, 1.807) is 0 Å². The van der Waals surface area contributed by atoms with Crippen molar-refractivity contribution in [2.24, 2.45) is 0 Å². The number of carbonyl (C=O) groups excluding carboxylic acids is 1. The van der Waals surface area contributed by atoms with Gasteiger partial charge in [-0.1, -0.05) is 42.2 Å². The summed E-state index contributed by atoms with van der Waals surface area (Å²) < 4.78 is 52.4. The fourth-order valence-electron chi connectivity index (χ4n) is 2.06. The molecule has 0 spiro atoms. The standard InChI is InChI=1S/C17H18O4/c1-4-21-17(15(18)14(19-2)16(17)20-3)12-8-11-13-9-6-5-7-10-13/h5-7,9-10H,4,11H2,1-3H3/i1D3,4D2. The zero-order chi connectivity index (χ0) is 19.6. The Morgan fingerprint density at radius 2 is 2.05 bits per heavy atom. The van der Waals surface area contributed by atoms with Crippen molar-refractivity contribution in [1.29, 1.82) is 0 Å². The zero-order valence-corrected chi connectivity index (χ0v) is 11.7. The number of Topliss-reactive ketones (excluding diaryl/α,β-unsaturated/α-hetero) is 1. The van der Waals surface area contributed by atoms with Gasteiger partial charge in [0.05, 0.1) is 17.0 Å². The van der Waals surface area contributed by atoms with Crippen LogP contribution in [-0.4, -0.2) is 32.2 Å². The van der Waals surface area contributed by atoms with Crippen molar-refractivity contribution in [3.05, 3.63) is 47.4 Å². The lowest BCUT2D eigenvalue weighted by Gasteiger charge is -2.36. The first kappa shape index (κ1) is 9.64. The summed E-state index contributed by atoms with van der Waals surface area (Å²) in [4.78, 5) is 12.5. The Kier molecular flexibility index (Phi) is 2.97. The highest BCUT2D eigenvalue weighted by atomic mass is 16.6. The third-order valence-corrected chi connectivity index (χ3v) is 3.06. The van der Waals surface area contributed by atoms with Crippen molar-refractivity contribution in [1.82, 2.24) is 0 Å². The molecule has 0 heterocycles. The predicted molar refractivity (Wildman–Crippen MR) is 78.3 cm³/mol. The molecule has 0 radical (unpaired) electrons. The number of ketones is 1. The summed E-state index contributed by atoms with van der Waals surface area (Å²) in [7, 11) is 2.48. The van der Waals surface area contributed by atoms with Crippen LogP contribution >= 0.6 is 0 Å². The molecule has 21 heavy (non-hydrogen) atoms. The summed E-state index contributed by atoms with van der Waals surface area (Å²) in [6, 6.07) is 9.17. The van der Waals surface area contributed by atoms with Gasteiger partial charge in [-0.05, 0) is 12.4 Å². The SMILES string of the molecule is [2H]C([2H])([2H])C([2H])([2H])OC1(C#CCc2ccccc2)C(=O)C(OC)=C1OC. The Bertz CT molecular complexity index is 774. The second-order valence-corrected chi connectivity index (χ2v) is 4.25. The van der Waals surface area contributed by atoms with E-state index in [0.29, 0.717) is 0 Å². The molecule has 0 saturated carbocycles. The molecule has 1 aromatic rings. The summed E-state index contributed by atoms with van der Waals surface area (Å²) in [5, 5.41) is 0. The first-order valence-corrected chi connectivity index (χ1v) is 6.20. The number of hydrogen-bond donors (Lipinski definition) is 0. The second-order valence-electron chi connectivity index (χ2n) is 4.25. The van der Waals surface area contributed by atoms with Gasteiger partial charge < -0.3 is 14.2 Å². The summed E-state index contributed by atoms with van der Waals surface area (Å²) in [5.74, 6) is 4.17. The van der Waals surface area contributed by atoms with Crippen LogP contribution in [0.3, 0.4) is 0 Å². The fourth-order valence-corrected chi connectivity index (χ4v) is 2.06. The molecule has 1 aliphatic rings. The summed E-state index contributed by atoms with van der Waals surface area (Å²) in [6.07, 6.45) is 0.259. The maximum absolute atomic E-state index is 12.5. The zero-order valence-electron chi connectivity index (χ0n) is 16.7. The molecule has 0 N–H and O–H groups in total. The Morgan fingerprint density at radius 3 is 2.67 bits per heavy atom. The van der Waals surface area contributed by atoms with E-state index in [4.69, 9.17) is 21.1 Å². The number of hydrogen-bond acceptors (Lipinski definition) is 4. The van der Waals surface area contributed by atoms with Crippen molar-refractivity contribution in [2.75, 3.05) is 20.8 Å². The Morgan fingerprint density at radius 1 is 1.29 bits per heavy atom. The molecular formula is C17H18O4. The molecule has 1 aromatic carbocycles. The third kappa shape index (κ3) is 2.65. The van der Waals surface area contributed by atoms with E-state index in [9.17, 15) is 4.79 Å². The van der Waals surface area contributed by atoms with Gasteiger partial charge in [-0.15, -0.1) is 0 Å². The van der Waals surface area contributed by atoms with E-state index in [-0.39, 0.29) is 17.9 Å². The number of ether oxygens (including phenoxy) is 3. The molecule has 0 bridgehead atoms. The molecular weight excluding hydrogens is 268 g/mol. The molecule has 1 atom stereocenters. The van der Waals surface area contributed by atoms with Crippen molar-refractivity contribution >= 4 is 5.78 Å². The summed E-state index contributed by atoms with van der Waals surface area (Å²) >= 11 is 0. The molecule has 0 aliphatic heterocycles. The number of rotatable bonds is 5. The van der Waals surface area contributed by atoms with Crippen LogP contribution in [0.25, 0.3) is 0 Å². The Hall–Kier alpha value is -2.25. The molecule has 4 heteroatoms. The first-order valence-electron chi connectivity index (χ1n) is 8.70. The second kappa shape index (κ2) is 6.47. The molecule has 0 saturated heterocycles. The van der Waals surface area contributed by atoms with Gasteiger partial charge >= 0.3 is 0 Å². The highest BCUT2D eigenvalue weighted by Gasteiger charge is 2.57. The van der Waals surface area contributed by atoms with Crippen molar-refractivity contribution in [3.8, 4) is 11.8 Å². The Labute approximate surface area is 131 Å². The van der Waals surface area contributed by atoms with Crippen LogP contribution in [0.5, 0.6) is 0 Å². The van der Waals surface area contributed by atoms with Crippen LogP contribution < -0.4 is 0 Å². The average Bonchev–Trinajstić information content (AvgIpc) is 2.57. The van der Waals surface area contributed by atoms with Gasteiger partial charge in [0, 0.05) is 17.1 Å². The average molecular weight is 291 g/mol. The first-order chi connectivity index (χ1) is 12.1. The minimum absolute atomic E-state index is 0.154. The van der Waals surface area contributed by atoms with E-state index < -0.39 is 24.8 Å². The molecule has 2 rings (SSSR count). The van der Waals surface area contributed by atoms with Crippen LogP contribution in [0.15, 0.2) is 41.9 Å². The van der Waals surface area contributed by atoms with Gasteiger partial charge in [0.2, 0.25) is 5.76 Å². The summed E-state index contributed by atoms with van der Waals surface area (Å²) in [5.41, 5.74) is -1.29. The van der Waals surface area contributed by atoms with E-state index in [0.717, 1.165) is 5.56 Å². The molecule has 0 amide bonds. The van der Waals surface area contributed by atoms with Crippen molar-refractivity contribution < 1.29 is 25.9 Å². The molecule has 110 valence electrons. The van der Waals surface area contributed by atoms with Gasteiger partial charge in [0.15, 0.2) is 5.76 Å². The molecule has 0 fully saturated rings. The smallest absolute Gasteiger partial charge is 0.257 e. The highest BCUT2D eigenvalue weighted by Crippen LogP contribution is 2.38. The Balaban J connectivity index is 2.42. The van der Waals surface area contributed by atoms with Crippen molar-refractivity contribution in [3.63, 3.8) is 0 Å². The van der Waals surface area contributed by atoms with E-state index in [2.05, 4.69) is 11.8 Å². The maximum atomic E-state index is 12.5. The quantitative estimate of drug-likeness (QED) is 0.779. The molecule has 1 aliphatic carbocycles. The topological polar surface area (TPSA) is 44.8 Å². The predicted octanol–water partition coefficient (Wildman–Crippen LogP) is 2.09. The van der Waals surface area contributed by atoms with Crippen LogP contribution in [0.4, 0.5) is 0 Å². The maximum Gasteiger partial charge on any atom is 0.257 e. The molecule has 1 unspecified atom stereocenters. The van der Waals surface area contributed by atoms with E-state index in [1.165, 1.54) is 14.2 Å². The van der Waals surface area contributed by atoms with Crippen LogP contribution in [0.2, 0.25) is 0 Å². The van der Waals surface area contributed by atoms with Gasteiger partial charge in [-0.3, -0.25) is 4.79 Å². The minimum Gasteiger partial charge on any atom is -0.493 e. The molecule has 0 aromatic heterocycles. The van der Waals surface area contributed by atoms with Crippen LogP contribution in [-0.2, 0) is 25.4 Å². The number of benzene rings is 1. The normalized spacial score (nSPS) is 25.2. The van der Waals surface area contributed by atoms with Gasteiger partial charge in [0.1, 0.15) is 0 Å². The van der Waals surface area contributed by atoms with Crippen molar-refractivity contribution in [2.45, 2.75) is 18.9 Å². The number of carbonyl (C=O) groups is 1.